The van der Waals surface area contributed by atoms with Crippen LogP contribution in [0.25, 0.3) is 0 Å². The monoisotopic (exact) mass is 735 g/mol. The average Bonchev–Trinajstić information content (AvgIpc) is 3.07. The predicted molar refractivity (Wildman–Crippen MR) is 149 cm³/mol. The SMILES string of the molecule is O=C(O)CC(=O)OC[C@H]1OC([C@]2(O)[CH]O[C@H](C(O)[C@@H]3O[C@H](CO)[C@@H](O)[C@H](O)[C@H]3O)[C@@H](O)[C@@]2(O)[C@H]2O[C@@H](CO)[C@H](O)[C@@H](O)[C@@H]2O)[C@H](O)[C@@H](O)[C@@H]1O. The Kier molecular flexibility index (Phi) is 12.8. The van der Waals surface area contributed by atoms with E-state index >= 15 is 0 Å². The van der Waals surface area contributed by atoms with E-state index in [1.54, 1.807) is 0 Å². The molecule has 4 aliphatic heterocycles. The van der Waals surface area contributed by atoms with Gasteiger partial charge in [-0.15, -0.1) is 0 Å². The Bertz CT molecular complexity index is 1170. The topological polar surface area (TPSA) is 404 Å². The van der Waals surface area contributed by atoms with Gasteiger partial charge >= 0.3 is 11.9 Å². The van der Waals surface area contributed by atoms with Gasteiger partial charge in [-0.2, -0.15) is 0 Å². The molecule has 4 fully saturated rings. The van der Waals surface area contributed by atoms with E-state index in [0.717, 1.165) is 0 Å². The molecule has 4 rings (SSSR count). The quantitative estimate of drug-likeness (QED) is 0.0731. The number of carbonyl (C=O) groups excluding carboxylic acids is 1. The number of aliphatic hydroxyl groups excluding tert-OH is 13. The Morgan fingerprint density at radius 2 is 1.14 bits per heavy atom. The molecule has 0 aromatic carbocycles. The lowest BCUT2D eigenvalue weighted by molar-refractivity contribution is -0.384. The molecule has 0 spiro atoms. The summed E-state index contributed by atoms with van der Waals surface area (Å²) in [6, 6.07) is 0. The van der Waals surface area contributed by atoms with E-state index in [1.807, 2.05) is 0 Å². The summed E-state index contributed by atoms with van der Waals surface area (Å²) >= 11 is 0. The normalized spacial score (nSPS) is 50.7. The molecule has 0 saturated carbocycles. The van der Waals surface area contributed by atoms with Crippen LogP contribution in [0, 0.1) is 6.61 Å². The van der Waals surface area contributed by atoms with Crippen molar-refractivity contribution in [1.82, 2.24) is 0 Å². The molecule has 0 aromatic rings. The van der Waals surface area contributed by atoms with E-state index in [9.17, 15) is 86.2 Å². The number of aliphatic carboxylic acids is 1. The molecule has 20 atom stereocenters. The van der Waals surface area contributed by atoms with Crippen LogP contribution in [-0.4, -0.2) is 235 Å². The fraction of sp³-hybridized carbons (Fsp3) is 0.889. The Balaban J connectivity index is 1.77. The summed E-state index contributed by atoms with van der Waals surface area (Å²) in [4.78, 5) is 22.7. The number of aliphatic hydroxyl groups is 15. The Morgan fingerprint density at radius 3 is 1.68 bits per heavy atom. The van der Waals surface area contributed by atoms with Gasteiger partial charge in [0.15, 0.2) is 11.2 Å². The highest BCUT2D eigenvalue weighted by molar-refractivity contribution is 5.90. The first-order valence-electron chi connectivity index (χ1n) is 15.3. The second-order valence-corrected chi connectivity index (χ2v) is 12.7. The van der Waals surface area contributed by atoms with Gasteiger partial charge < -0.3 is 105 Å². The van der Waals surface area contributed by atoms with Crippen molar-refractivity contribution in [3.05, 3.63) is 6.61 Å². The van der Waals surface area contributed by atoms with E-state index in [0.29, 0.717) is 0 Å². The van der Waals surface area contributed by atoms with Gasteiger partial charge in [-0.25, -0.2) is 0 Å². The van der Waals surface area contributed by atoms with Gasteiger partial charge in [0.2, 0.25) is 0 Å². The zero-order valence-electron chi connectivity index (χ0n) is 25.8. The van der Waals surface area contributed by atoms with Gasteiger partial charge in [0, 0.05) is 0 Å². The third-order valence-corrected chi connectivity index (χ3v) is 9.59. The van der Waals surface area contributed by atoms with Crippen LogP contribution in [0.3, 0.4) is 0 Å². The number of hydrogen-bond acceptors (Lipinski definition) is 22. The fourth-order valence-corrected chi connectivity index (χ4v) is 6.66. The molecule has 2 unspecified atom stereocenters. The van der Waals surface area contributed by atoms with Crippen LogP contribution < -0.4 is 0 Å². The van der Waals surface area contributed by atoms with Crippen LogP contribution in [0.2, 0.25) is 0 Å². The maximum Gasteiger partial charge on any atom is 0.317 e. The summed E-state index contributed by atoms with van der Waals surface area (Å²) < 4.78 is 26.3. The molecule has 4 saturated heterocycles. The summed E-state index contributed by atoms with van der Waals surface area (Å²) in [5.41, 5.74) is -7.19. The van der Waals surface area contributed by atoms with E-state index in [2.05, 4.69) is 0 Å². The molecule has 4 heterocycles. The van der Waals surface area contributed by atoms with E-state index in [1.165, 1.54) is 0 Å². The minimum absolute atomic E-state index is 0.199. The van der Waals surface area contributed by atoms with Crippen molar-refractivity contribution in [3.63, 3.8) is 0 Å². The van der Waals surface area contributed by atoms with Crippen molar-refractivity contribution in [3.8, 4) is 0 Å². The number of carbonyl (C=O) groups is 2. The second-order valence-electron chi connectivity index (χ2n) is 12.7. The van der Waals surface area contributed by atoms with Crippen molar-refractivity contribution < 1.29 is 115 Å². The molecule has 16 N–H and O–H groups in total. The molecular formula is C27H43O23. The molecule has 0 bridgehead atoms. The summed E-state index contributed by atoms with van der Waals surface area (Å²) in [5.74, 6) is -2.95. The van der Waals surface area contributed by atoms with E-state index in [-0.39, 0.29) is 6.61 Å². The van der Waals surface area contributed by atoms with Crippen LogP contribution in [0.4, 0.5) is 0 Å². The minimum atomic E-state index is -3.67. The highest BCUT2D eigenvalue weighted by Gasteiger charge is 2.74. The van der Waals surface area contributed by atoms with E-state index < -0.39 is 159 Å². The van der Waals surface area contributed by atoms with Gasteiger partial charge in [-0.3, -0.25) is 9.59 Å². The van der Waals surface area contributed by atoms with Gasteiger partial charge in [-0.05, 0) is 0 Å². The Morgan fingerprint density at radius 1 is 0.660 bits per heavy atom. The average molecular weight is 736 g/mol. The number of carboxylic acid groups (broad SMARTS) is 1. The zero-order chi connectivity index (χ0) is 37.6. The number of esters is 1. The molecule has 0 aliphatic carbocycles. The summed E-state index contributed by atoms with van der Waals surface area (Å²) in [6.45, 7) is -2.91. The maximum absolute atomic E-state index is 12.4. The molecule has 1 radical (unpaired) electrons. The number of carboxylic acids is 1. The van der Waals surface area contributed by atoms with Crippen molar-refractivity contribution in [2.75, 3.05) is 19.8 Å². The van der Waals surface area contributed by atoms with Gasteiger partial charge in [0.05, 0.1) is 13.2 Å². The van der Waals surface area contributed by atoms with E-state index in [4.69, 9.17) is 28.8 Å². The molecule has 0 amide bonds. The Hall–Kier alpha value is -1.82. The lowest BCUT2D eigenvalue weighted by atomic mass is 9.63. The second kappa shape index (κ2) is 15.7. The van der Waals surface area contributed by atoms with Crippen LogP contribution in [0.15, 0.2) is 0 Å². The van der Waals surface area contributed by atoms with Gasteiger partial charge in [0.1, 0.15) is 130 Å². The molecule has 0 aromatic heterocycles. The third kappa shape index (κ3) is 6.98. The standard InChI is InChI=1S/C27H43O23/c28-2-6-11(33)14(36)17(39)21(48-6)20(42)22-23(43)27(45,25-19(41)15(37)12(34)7(3-29)49-25)26(44,5-47-22)24-18(40)16(38)13(35)8(50-24)4-46-10(32)1-9(30)31/h5-8,11-25,28-29,33-45H,1-4H2,(H,30,31)/t6-,7+,8-,11-,12+,13-,14+,15-,16+,17-,18-,19+,20?,21-,22-,23-,24?,25+,26-,27-/m1/s1. The maximum atomic E-state index is 12.4. The predicted octanol–water partition coefficient (Wildman–Crippen LogP) is -10.7. The fourth-order valence-electron chi connectivity index (χ4n) is 6.66. The lowest BCUT2D eigenvalue weighted by Gasteiger charge is -2.61. The lowest BCUT2D eigenvalue weighted by Crippen LogP contribution is -2.84. The largest absolute Gasteiger partial charge is 0.481 e. The van der Waals surface area contributed by atoms with Crippen molar-refractivity contribution >= 4 is 11.9 Å². The number of hydrogen-bond donors (Lipinski definition) is 16. The first kappa shape index (κ1) is 40.9. The minimum Gasteiger partial charge on any atom is -0.481 e. The first-order chi connectivity index (χ1) is 23.3. The summed E-state index contributed by atoms with van der Waals surface area (Å²) in [7, 11) is 0. The van der Waals surface area contributed by atoms with Gasteiger partial charge in [-0.1, -0.05) is 0 Å². The highest BCUT2D eigenvalue weighted by atomic mass is 16.6. The molecule has 289 valence electrons. The third-order valence-electron chi connectivity index (χ3n) is 9.59. The Labute approximate surface area is 281 Å². The summed E-state index contributed by atoms with van der Waals surface area (Å²) in [6.07, 6.45) is -41.1. The summed E-state index contributed by atoms with van der Waals surface area (Å²) in [5, 5.41) is 171. The van der Waals surface area contributed by atoms with Crippen LogP contribution in [0.5, 0.6) is 0 Å². The smallest absolute Gasteiger partial charge is 0.317 e. The van der Waals surface area contributed by atoms with Crippen molar-refractivity contribution in [1.29, 1.82) is 0 Å². The van der Waals surface area contributed by atoms with Crippen molar-refractivity contribution in [2.45, 2.75) is 127 Å². The van der Waals surface area contributed by atoms with Crippen LogP contribution in [0.1, 0.15) is 6.42 Å². The molecule has 23 heteroatoms. The molecular weight excluding hydrogens is 692 g/mol. The zero-order valence-corrected chi connectivity index (χ0v) is 25.8. The molecule has 23 nitrogen and oxygen atoms in total. The van der Waals surface area contributed by atoms with Crippen molar-refractivity contribution in [2.24, 2.45) is 0 Å². The number of rotatable bonds is 10. The molecule has 50 heavy (non-hydrogen) atoms. The number of ether oxygens (including phenoxy) is 5. The van der Waals surface area contributed by atoms with Gasteiger partial charge in [0.25, 0.3) is 0 Å². The van der Waals surface area contributed by atoms with Crippen LogP contribution in [-0.2, 0) is 33.3 Å². The van der Waals surface area contributed by atoms with Crippen LogP contribution >= 0.6 is 0 Å². The molecule has 4 aliphatic rings. The first-order valence-corrected chi connectivity index (χ1v) is 15.3. The highest BCUT2D eigenvalue weighted by Crippen LogP contribution is 2.49.